The summed E-state index contributed by atoms with van der Waals surface area (Å²) in [6, 6.07) is 4.91. The van der Waals surface area contributed by atoms with E-state index in [0.717, 1.165) is 38.0 Å². The van der Waals surface area contributed by atoms with Crippen molar-refractivity contribution in [2.24, 2.45) is 5.92 Å². The summed E-state index contributed by atoms with van der Waals surface area (Å²) in [4.78, 5) is 0. The van der Waals surface area contributed by atoms with Gasteiger partial charge in [-0.3, -0.25) is 0 Å². The van der Waals surface area contributed by atoms with E-state index in [0.29, 0.717) is 30.9 Å². The molecule has 21 heavy (non-hydrogen) atoms. The van der Waals surface area contributed by atoms with Crippen LogP contribution < -0.4 is 10.1 Å². The average molecular weight is 295 g/mol. The molecule has 2 rings (SSSR count). The van der Waals surface area contributed by atoms with Crippen LogP contribution in [0.25, 0.3) is 0 Å². The molecule has 118 valence electrons. The highest BCUT2D eigenvalue weighted by atomic mass is 19.1. The standard InChI is InChI=1S/C17H26FNO2/c1-13(2)11-19-12-14-8-15(18)10-17(9-14)21-7-5-16-4-3-6-20-16/h8-10,13,16,19H,3-7,11-12H2,1-2H3. The van der Waals surface area contributed by atoms with Gasteiger partial charge in [0.05, 0.1) is 12.7 Å². The molecule has 0 amide bonds. The summed E-state index contributed by atoms with van der Waals surface area (Å²) < 4.78 is 24.8. The van der Waals surface area contributed by atoms with E-state index in [1.807, 2.05) is 6.07 Å². The number of rotatable bonds is 8. The van der Waals surface area contributed by atoms with E-state index in [1.165, 1.54) is 6.07 Å². The minimum absolute atomic E-state index is 0.244. The van der Waals surface area contributed by atoms with Crippen molar-refractivity contribution in [1.29, 1.82) is 0 Å². The molecule has 3 nitrogen and oxygen atoms in total. The normalized spacial score (nSPS) is 18.4. The van der Waals surface area contributed by atoms with Gasteiger partial charge in [-0.1, -0.05) is 13.8 Å². The van der Waals surface area contributed by atoms with E-state index in [4.69, 9.17) is 9.47 Å². The van der Waals surface area contributed by atoms with Gasteiger partial charge >= 0.3 is 0 Å². The van der Waals surface area contributed by atoms with Crippen molar-refractivity contribution >= 4 is 0 Å². The molecule has 1 aliphatic rings. The third-order valence-electron chi connectivity index (χ3n) is 3.55. The fourth-order valence-electron chi connectivity index (χ4n) is 2.49. The summed E-state index contributed by atoms with van der Waals surface area (Å²) in [6.07, 6.45) is 3.43. The van der Waals surface area contributed by atoms with Gasteiger partial charge in [-0.15, -0.1) is 0 Å². The lowest BCUT2D eigenvalue weighted by molar-refractivity contribution is 0.0903. The van der Waals surface area contributed by atoms with E-state index in [1.54, 1.807) is 6.07 Å². The van der Waals surface area contributed by atoms with Crippen molar-refractivity contribution < 1.29 is 13.9 Å². The van der Waals surface area contributed by atoms with Crippen molar-refractivity contribution in [1.82, 2.24) is 5.32 Å². The van der Waals surface area contributed by atoms with Crippen LogP contribution in [-0.4, -0.2) is 25.9 Å². The van der Waals surface area contributed by atoms with Crippen LogP contribution in [0.15, 0.2) is 18.2 Å². The van der Waals surface area contributed by atoms with Crippen molar-refractivity contribution in [3.05, 3.63) is 29.6 Å². The van der Waals surface area contributed by atoms with Gasteiger partial charge < -0.3 is 14.8 Å². The smallest absolute Gasteiger partial charge is 0.127 e. The maximum Gasteiger partial charge on any atom is 0.127 e. The lowest BCUT2D eigenvalue weighted by Gasteiger charge is -2.12. The second-order valence-corrected chi connectivity index (χ2v) is 6.09. The number of hydrogen-bond donors (Lipinski definition) is 1. The zero-order valence-corrected chi connectivity index (χ0v) is 13.0. The lowest BCUT2D eigenvalue weighted by Crippen LogP contribution is -2.19. The molecule has 1 fully saturated rings. The molecule has 1 heterocycles. The minimum Gasteiger partial charge on any atom is -0.493 e. The first-order valence-corrected chi connectivity index (χ1v) is 7.88. The Morgan fingerprint density at radius 1 is 1.38 bits per heavy atom. The molecule has 1 aromatic carbocycles. The lowest BCUT2D eigenvalue weighted by atomic mass is 10.2. The number of hydrogen-bond acceptors (Lipinski definition) is 3. The first kappa shape index (κ1) is 16.2. The van der Waals surface area contributed by atoms with E-state index >= 15 is 0 Å². The maximum atomic E-state index is 13.6. The summed E-state index contributed by atoms with van der Waals surface area (Å²) in [5.41, 5.74) is 0.919. The van der Waals surface area contributed by atoms with Crippen LogP contribution in [0.5, 0.6) is 5.75 Å². The summed E-state index contributed by atoms with van der Waals surface area (Å²) in [7, 11) is 0. The van der Waals surface area contributed by atoms with Crippen LogP contribution in [-0.2, 0) is 11.3 Å². The van der Waals surface area contributed by atoms with Gasteiger partial charge in [0.25, 0.3) is 0 Å². The highest BCUT2D eigenvalue weighted by Crippen LogP contribution is 2.19. The predicted molar refractivity (Wildman–Crippen MR) is 82.0 cm³/mol. The molecule has 1 N–H and O–H groups in total. The summed E-state index contributed by atoms with van der Waals surface area (Å²) in [5, 5.41) is 3.31. The second-order valence-electron chi connectivity index (χ2n) is 6.09. The number of ether oxygens (including phenoxy) is 2. The molecular weight excluding hydrogens is 269 g/mol. The van der Waals surface area contributed by atoms with Crippen LogP contribution >= 0.6 is 0 Å². The van der Waals surface area contributed by atoms with Crippen LogP contribution in [0.4, 0.5) is 4.39 Å². The number of benzene rings is 1. The fourth-order valence-corrected chi connectivity index (χ4v) is 2.49. The maximum absolute atomic E-state index is 13.6. The van der Waals surface area contributed by atoms with Gasteiger partial charge in [0.1, 0.15) is 11.6 Å². The Labute approximate surface area is 126 Å². The fraction of sp³-hybridized carbons (Fsp3) is 0.647. The summed E-state index contributed by atoms with van der Waals surface area (Å²) in [6.45, 7) is 7.32. The molecule has 1 unspecified atom stereocenters. The molecule has 0 bridgehead atoms. The first-order chi connectivity index (χ1) is 10.1. The van der Waals surface area contributed by atoms with E-state index < -0.39 is 0 Å². The third kappa shape index (κ3) is 6.02. The van der Waals surface area contributed by atoms with Gasteiger partial charge in [-0.2, -0.15) is 0 Å². The van der Waals surface area contributed by atoms with Crippen LogP contribution in [0.1, 0.15) is 38.7 Å². The Morgan fingerprint density at radius 2 is 2.24 bits per heavy atom. The first-order valence-electron chi connectivity index (χ1n) is 7.88. The van der Waals surface area contributed by atoms with Gasteiger partial charge in [0.15, 0.2) is 0 Å². The Bertz CT molecular complexity index is 431. The summed E-state index contributed by atoms with van der Waals surface area (Å²) in [5.74, 6) is 0.945. The van der Waals surface area contributed by atoms with Gasteiger partial charge in [0, 0.05) is 25.6 Å². The molecule has 1 aliphatic heterocycles. The van der Waals surface area contributed by atoms with E-state index in [9.17, 15) is 4.39 Å². The molecule has 0 aliphatic carbocycles. The quantitative estimate of drug-likeness (QED) is 0.796. The molecule has 1 aromatic rings. The zero-order chi connectivity index (χ0) is 15.1. The van der Waals surface area contributed by atoms with Crippen LogP contribution in [0.2, 0.25) is 0 Å². The summed E-state index contributed by atoms with van der Waals surface area (Å²) >= 11 is 0. The second kappa shape index (κ2) is 8.35. The Kier molecular flexibility index (Phi) is 6.46. The molecular formula is C17H26FNO2. The predicted octanol–water partition coefficient (Wildman–Crippen LogP) is 3.52. The highest BCUT2D eigenvalue weighted by Gasteiger charge is 2.15. The van der Waals surface area contributed by atoms with Gasteiger partial charge in [0.2, 0.25) is 0 Å². The number of nitrogens with one attached hydrogen (secondary N) is 1. The SMILES string of the molecule is CC(C)CNCc1cc(F)cc(OCCC2CCCO2)c1. The van der Waals surface area contributed by atoms with Gasteiger partial charge in [-0.05, 0) is 43.0 Å². The van der Waals surface area contributed by atoms with Gasteiger partial charge in [-0.25, -0.2) is 4.39 Å². The van der Waals surface area contributed by atoms with Crippen molar-refractivity contribution in [2.75, 3.05) is 19.8 Å². The molecule has 0 aromatic heterocycles. The highest BCUT2D eigenvalue weighted by molar-refractivity contribution is 5.29. The molecule has 1 atom stereocenters. The zero-order valence-electron chi connectivity index (χ0n) is 13.0. The van der Waals surface area contributed by atoms with Crippen molar-refractivity contribution in [3.8, 4) is 5.75 Å². The molecule has 0 saturated carbocycles. The van der Waals surface area contributed by atoms with Crippen LogP contribution in [0, 0.1) is 11.7 Å². The Hall–Kier alpha value is -1.13. The van der Waals surface area contributed by atoms with Crippen LogP contribution in [0.3, 0.4) is 0 Å². The van der Waals surface area contributed by atoms with E-state index in [2.05, 4.69) is 19.2 Å². The van der Waals surface area contributed by atoms with Crippen molar-refractivity contribution in [2.45, 2.75) is 45.8 Å². The topological polar surface area (TPSA) is 30.5 Å². The third-order valence-corrected chi connectivity index (χ3v) is 3.55. The Morgan fingerprint density at radius 3 is 2.95 bits per heavy atom. The molecule has 0 spiro atoms. The molecule has 4 heteroatoms. The average Bonchev–Trinajstić information content (AvgIpc) is 2.91. The minimum atomic E-state index is -0.244. The largest absolute Gasteiger partial charge is 0.493 e. The monoisotopic (exact) mass is 295 g/mol. The van der Waals surface area contributed by atoms with Crippen molar-refractivity contribution in [3.63, 3.8) is 0 Å². The van der Waals surface area contributed by atoms with E-state index in [-0.39, 0.29) is 5.82 Å². The number of halogens is 1. The molecule has 1 saturated heterocycles. The Balaban J connectivity index is 1.79. The molecule has 0 radical (unpaired) electrons.